The number of piperazine rings is 1. The molecule has 0 bridgehead atoms. The third kappa shape index (κ3) is 5.38. The van der Waals surface area contributed by atoms with Crippen molar-refractivity contribution >= 4 is 29.3 Å². The lowest BCUT2D eigenvalue weighted by Crippen LogP contribution is -2.48. The minimum atomic E-state index is 0.182. The largest absolute Gasteiger partial charge is 0.339 e. The van der Waals surface area contributed by atoms with E-state index >= 15 is 0 Å². The average Bonchev–Trinajstić information content (AvgIpc) is 3.22. The van der Waals surface area contributed by atoms with E-state index in [1.54, 1.807) is 17.8 Å². The number of amides is 1. The Balaban J connectivity index is 1.25. The van der Waals surface area contributed by atoms with E-state index in [1.165, 1.54) is 0 Å². The van der Waals surface area contributed by atoms with Crippen molar-refractivity contribution in [2.24, 2.45) is 0 Å². The Morgan fingerprint density at radius 2 is 1.86 bits per heavy atom. The maximum Gasteiger partial charge on any atom is 0.258 e. The van der Waals surface area contributed by atoms with E-state index in [0.29, 0.717) is 42.1 Å². The molecule has 0 saturated carbocycles. The number of hydrogen-bond acceptors (Lipinski definition) is 6. The Hall–Kier alpha value is -2.35. The highest BCUT2D eigenvalue weighted by Crippen LogP contribution is 2.22. The SMILES string of the molecule is O=C(CSc1ccccc1)N1CCN(Cc2noc(-c3cccc(Cl)c3)n2)CC1. The molecule has 3 aromatic rings. The van der Waals surface area contributed by atoms with E-state index in [2.05, 4.69) is 15.0 Å². The Kier molecular flexibility index (Phi) is 6.49. The Labute approximate surface area is 178 Å². The first-order valence-corrected chi connectivity index (χ1v) is 10.8. The monoisotopic (exact) mass is 428 g/mol. The molecule has 1 aliphatic rings. The second-order valence-electron chi connectivity index (χ2n) is 6.78. The highest BCUT2D eigenvalue weighted by Gasteiger charge is 2.22. The smallest absolute Gasteiger partial charge is 0.258 e. The number of thioether (sulfide) groups is 1. The molecule has 150 valence electrons. The third-order valence-electron chi connectivity index (χ3n) is 4.74. The number of rotatable bonds is 6. The second kappa shape index (κ2) is 9.43. The summed E-state index contributed by atoms with van der Waals surface area (Å²) in [5.41, 5.74) is 0.808. The van der Waals surface area contributed by atoms with Gasteiger partial charge >= 0.3 is 0 Å². The van der Waals surface area contributed by atoms with Gasteiger partial charge in [-0.15, -0.1) is 11.8 Å². The number of carbonyl (C=O) groups is 1. The average molecular weight is 429 g/mol. The molecule has 1 saturated heterocycles. The molecule has 1 aromatic heterocycles. The number of benzene rings is 2. The van der Waals surface area contributed by atoms with Gasteiger partial charge < -0.3 is 9.42 Å². The Morgan fingerprint density at radius 3 is 2.62 bits per heavy atom. The van der Waals surface area contributed by atoms with Crippen LogP contribution in [0, 0.1) is 0 Å². The molecule has 0 radical (unpaired) electrons. The maximum absolute atomic E-state index is 12.5. The topological polar surface area (TPSA) is 62.5 Å². The molecule has 4 rings (SSSR count). The van der Waals surface area contributed by atoms with Crippen molar-refractivity contribution in [2.45, 2.75) is 11.4 Å². The van der Waals surface area contributed by atoms with Gasteiger partial charge in [-0.2, -0.15) is 4.98 Å². The highest BCUT2D eigenvalue weighted by atomic mass is 35.5. The minimum Gasteiger partial charge on any atom is -0.339 e. The molecule has 6 nitrogen and oxygen atoms in total. The standard InChI is InChI=1S/C21H21ClN4O2S/c22-17-6-4-5-16(13-17)21-23-19(24-28-21)14-25-9-11-26(12-10-25)20(27)15-29-18-7-2-1-3-8-18/h1-8,13H,9-12,14-15H2. The first-order valence-electron chi connectivity index (χ1n) is 9.44. The fourth-order valence-electron chi connectivity index (χ4n) is 3.17. The van der Waals surface area contributed by atoms with Gasteiger partial charge in [0.1, 0.15) is 0 Å². The summed E-state index contributed by atoms with van der Waals surface area (Å²) in [7, 11) is 0. The number of aromatic nitrogens is 2. The summed E-state index contributed by atoms with van der Waals surface area (Å²) < 4.78 is 5.37. The first kappa shape index (κ1) is 19.9. The fourth-order valence-corrected chi connectivity index (χ4v) is 4.18. The lowest BCUT2D eigenvalue weighted by molar-refractivity contribution is -0.130. The molecule has 8 heteroatoms. The lowest BCUT2D eigenvalue weighted by atomic mass is 10.2. The van der Waals surface area contributed by atoms with Crippen molar-refractivity contribution in [3.8, 4) is 11.5 Å². The molecule has 0 aliphatic carbocycles. The molecule has 1 aliphatic heterocycles. The summed E-state index contributed by atoms with van der Waals surface area (Å²) in [5.74, 6) is 1.76. The van der Waals surface area contributed by atoms with Gasteiger partial charge in [-0.25, -0.2) is 0 Å². The van der Waals surface area contributed by atoms with Crippen molar-refractivity contribution in [3.05, 3.63) is 65.4 Å². The van der Waals surface area contributed by atoms with E-state index < -0.39 is 0 Å². The Bertz CT molecular complexity index is 958. The van der Waals surface area contributed by atoms with Gasteiger partial charge in [0.05, 0.1) is 12.3 Å². The van der Waals surface area contributed by atoms with Crippen LogP contribution in [-0.4, -0.2) is 57.8 Å². The van der Waals surface area contributed by atoms with Gasteiger partial charge in [-0.1, -0.05) is 41.0 Å². The van der Waals surface area contributed by atoms with E-state index in [1.807, 2.05) is 53.4 Å². The molecule has 2 aromatic carbocycles. The van der Waals surface area contributed by atoms with Crippen molar-refractivity contribution in [1.82, 2.24) is 19.9 Å². The van der Waals surface area contributed by atoms with Gasteiger partial charge in [0.25, 0.3) is 5.89 Å². The minimum absolute atomic E-state index is 0.182. The van der Waals surface area contributed by atoms with Crippen LogP contribution in [0.5, 0.6) is 0 Å². The summed E-state index contributed by atoms with van der Waals surface area (Å²) in [6.07, 6.45) is 0. The number of halogens is 1. The van der Waals surface area contributed by atoms with E-state index in [-0.39, 0.29) is 5.91 Å². The van der Waals surface area contributed by atoms with Crippen LogP contribution in [-0.2, 0) is 11.3 Å². The van der Waals surface area contributed by atoms with Crippen LogP contribution >= 0.6 is 23.4 Å². The van der Waals surface area contributed by atoms with E-state index in [9.17, 15) is 4.79 Å². The van der Waals surface area contributed by atoms with Crippen LogP contribution in [0.2, 0.25) is 5.02 Å². The molecule has 0 unspecified atom stereocenters. The normalized spacial score (nSPS) is 14.9. The van der Waals surface area contributed by atoms with Gasteiger partial charge in [-0.05, 0) is 30.3 Å². The van der Waals surface area contributed by atoms with E-state index in [4.69, 9.17) is 16.1 Å². The van der Waals surface area contributed by atoms with Crippen LogP contribution in [0.3, 0.4) is 0 Å². The molecule has 0 atom stereocenters. The van der Waals surface area contributed by atoms with Crippen LogP contribution in [0.1, 0.15) is 5.82 Å². The number of hydrogen-bond donors (Lipinski definition) is 0. The molecule has 1 amide bonds. The first-order chi connectivity index (χ1) is 14.2. The van der Waals surface area contributed by atoms with Crippen molar-refractivity contribution < 1.29 is 9.32 Å². The van der Waals surface area contributed by atoms with Crippen LogP contribution in [0.25, 0.3) is 11.5 Å². The van der Waals surface area contributed by atoms with Gasteiger partial charge in [-0.3, -0.25) is 9.69 Å². The maximum atomic E-state index is 12.5. The highest BCUT2D eigenvalue weighted by molar-refractivity contribution is 8.00. The lowest BCUT2D eigenvalue weighted by Gasteiger charge is -2.34. The Morgan fingerprint density at radius 1 is 1.07 bits per heavy atom. The van der Waals surface area contributed by atoms with Gasteiger partial charge in [0.15, 0.2) is 5.82 Å². The summed E-state index contributed by atoms with van der Waals surface area (Å²) in [5, 5.41) is 4.71. The summed E-state index contributed by atoms with van der Waals surface area (Å²) >= 11 is 7.60. The van der Waals surface area contributed by atoms with Crippen molar-refractivity contribution in [3.63, 3.8) is 0 Å². The summed E-state index contributed by atoms with van der Waals surface area (Å²) in [6, 6.07) is 17.4. The summed E-state index contributed by atoms with van der Waals surface area (Å²) in [4.78, 5) is 22.2. The second-order valence-corrected chi connectivity index (χ2v) is 8.27. The van der Waals surface area contributed by atoms with Crippen LogP contribution in [0.4, 0.5) is 0 Å². The number of carbonyl (C=O) groups excluding carboxylic acids is 1. The van der Waals surface area contributed by atoms with Crippen molar-refractivity contribution in [2.75, 3.05) is 31.9 Å². The molecule has 0 N–H and O–H groups in total. The van der Waals surface area contributed by atoms with Crippen molar-refractivity contribution in [1.29, 1.82) is 0 Å². The molecular weight excluding hydrogens is 408 g/mol. The van der Waals surface area contributed by atoms with Gasteiger partial charge in [0.2, 0.25) is 5.91 Å². The molecule has 29 heavy (non-hydrogen) atoms. The predicted octanol–water partition coefficient (Wildman–Crippen LogP) is 3.83. The fraction of sp³-hybridized carbons (Fsp3) is 0.286. The molecule has 0 spiro atoms. The predicted molar refractivity (Wildman–Crippen MR) is 114 cm³/mol. The summed E-state index contributed by atoms with van der Waals surface area (Å²) in [6.45, 7) is 3.62. The molecule has 2 heterocycles. The van der Waals surface area contributed by atoms with Crippen LogP contribution < -0.4 is 0 Å². The quantitative estimate of drug-likeness (QED) is 0.556. The van der Waals surface area contributed by atoms with E-state index in [0.717, 1.165) is 23.5 Å². The number of nitrogens with zero attached hydrogens (tertiary/aromatic N) is 4. The molecule has 1 fully saturated rings. The van der Waals surface area contributed by atoms with Gasteiger partial charge in [0, 0.05) is 41.7 Å². The molecular formula is C21H21ClN4O2S. The zero-order valence-corrected chi connectivity index (χ0v) is 17.4. The van der Waals surface area contributed by atoms with Crippen LogP contribution in [0.15, 0.2) is 64.0 Å². The zero-order valence-electron chi connectivity index (χ0n) is 15.8. The third-order valence-corrected chi connectivity index (χ3v) is 5.97. The zero-order chi connectivity index (χ0) is 20.1.